The van der Waals surface area contributed by atoms with E-state index in [2.05, 4.69) is 5.32 Å². The van der Waals surface area contributed by atoms with Crippen molar-refractivity contribution in [1.29, 1.82) is 0 Å². The lowest BCUT2D eigenvalue weighted by Gasteiger charge is -2.39. The second-order valence-corrected chi connectivity index (χ2v) is 11.4. The number of nitrogens with zero attached hydrogens (tertiary/aromatic N) is 1. The number of ether oxygens (including phenoxy) is 4. The molecule has 5 aliphatic heterocycles. The van der Waals surface area contributed by atoms with Crippen molar-refractivity contribution in [1.82, 2.24) is 10.2 Å². The number of fused-ring (bicyclic) bond motifs is 1. The maximum atomic E-state index is 13.3. The zero-order chi connectivity index (χ0) is 23.9. The van der Waals surface area contributed by atoms with Gasteiger partial charge in [-0.25, -0.2) is 0 Å². The highest BCUT2D eigenvalue weighted by Crippen LogP contribution is 2.60. The summed E-state index contributed by atoms with van der Waals surface area (Å²) in [7, 11) is -3.99. The first-order chi connectivity index (χ1) is 16.1. The molecule has 11 nitrogen and oxygen atoms in total. The van der Waals surface area contributed by atoms with Gasteiger partial charge in [-0.3, -0.25) is 19.1 Å². The van der Waals surface area contributed by atoms with Crippen molar-refractivity contribution >= 4 is 22.0 Å². The smallest absolute Gasteiger partial charge is 0.306 e. The van der Waals surface area contributed by atoms with Crippen LogP contribution >= 0.6 is 0 Å². The number of hydrogen-bond acceptors (Lipinski definition) is 10. The van der Waals surface area contributed by atoms with Gasteiger partial charge in [0.2, 0.25) is 5.91 Å². The SMILES string of the molecule is CC1(C)O[C@H]2O[C@@H]3CN4C(=O)[C@H](CCC(=O)OCc5ccccc5)N[C@@]45CS(=O)(=O)O[C@@]35[C@H]2O1. The van der Waals surface area contributed by atoms with E-state index in [9.17, 15) is 18.0 Å². The van der Waals surface area contributed by atoms with Crippen molar-refractivity contribution in [3.05, 3.63) is 35.9 Å². The van der Waals surface area contributed by atoms with Crippen molar-refractivity contribution in [2.45, 2.75) is 74.9 Å². The fourth-order valence-electron chi connectivity index (χ4n) is 5.95. The van der Waals surface area contributed by atoms with Gasteiger partial charge >= 0.3 is 5.97 Å². The van der Waals surface area contributed by atoms with E-state index in [0.29, 0.717) is 0 Å². The average Bonchev–Trinajstić information content (AvgIpc) is 3.44. The normalized spacial score (nSPS) is 40.6. The van der Waals surface area contributed by atoms with Crippen LogP contribution in [0.2, 0.25) is 0 Å². The van der Waals surface area contributed by atoms with Gasteiger partial charge < -0.3 is 23.8 Å². The van der Waals surface area contributed by atoms with E-state index in [4.69, 9.17) is 23.1 Å². The Balaban J connectivity index is 1.20. The molecule has 1 N–H and O–H groups in total. The molecule has 5 aliphatic rings. The lowest BCUT2D eigenvalue weighted by Crippen LogP contribution is -2.68. The molecule has 184 valence electrons. The summed E-state index contributed by atoms with van der Waals surface area (Å²) in [5, 5.41) is 3.21. The van der Waals surface area contributed by atoms with Gasteiger partial charge in [-0.1, -0.05) is 30.3 Å². The van der Waals surface area contributed by atoms with Gasteiger partial charge in [0.1, 0.15) is 30.2 Å². The van der Waals surface area contributed by atoms with Gasteiger partial charge in [0.05, 0.1) is 12.6 Å². The summed E-state index contributed by atoms with van der Waals surface area (Å²) >= 11 is 0. The Kier molecular flexibility index (Phi) is 4.75. The molecule has 1 aromatic carbocycles. The maximum Gasteiger partial charge on any atom is 0.306 e. The van der Waals surface area contributed by atoms with Crippen LogP contribution < -0.4 is 5.32 Å². The van der Waals surface area contributed by atoms with Crippen molar-refractivity contribution in [3.8, 4) is 0 Å². The number of benzene rings is 1. The van der Waals surface area contributed by atoms with Crippen LogP contribution in [0.1, 0.15) is 32.3 Å². The number of nitrogens with one attached hydrogen (secondary N) is 1. The number of esters is 1. The van der Waals surface area contributed by atoms with Crippen molar-refractivity contribution in [2.75, 3.05) is 12.3 Å². The Morgan fingerprint density at radius 2 is 2.00 bits per heavy atom. The molecule has 0 saturated carbocycles. The molecule has 0 aromatic heterocycles. The molecule has 5 heterocycles. The van der Waals surface area contributed by atoms with Crippen molar-refractivity contribution in [3.63, 3.8) is 0 Å². The van der Waals surface area contributed by atoms with E-state index >= 15 is 0 Å². The molecule has 1 aromatic rings. The third-order valence-corrected chi connectivity index (χ3v) is 8.52. The van der Waals surface area contributed by atoms with E-state index in [-0.39, 0.29) is 31.9 Å². The molecule has 34 heavy (non-hydrogen) atoms. The molecule has 0 radical (unpaired) electrons. The van der Waals surface area contributed by atoms with Crippen LogP contribution in [0, 0.1) is 0 Å². The highest BCUT2D eigenvalue weighted by Gasteiger charge is 2.85. The Morgan fingerprint density at radius 3 is 2.76 bits per heavy atom. The molecule has 12 heteroatoms. The van der Waals surface area contributed by atoms with Crippen LogP contribution in [0.15, 0.2) is 30.3 Å². The van der Waals surface area contributed by atoms with Crippen LogP contribution in [0.4, 0.5) is 0 Å². The summed E-state index contributed by atoms with van der Waals surface area (Å²) in [5.74, 6) is -2.18. The standard InChI is InChI=1S/C22H26N2O9S/c1-20(2)31-17-19(32-20)30-15-10-24-18(26)14(23-21(24)12-34(27,28)33-22(15,17)21)8-9-16(25)29-11-13-6-4-3-5-7-13/h3-7,14-15,17,19,23H,8-12H2,1-2H3/t14-,15+,17-,19+,21-,22+/m0/s1. The molecular formula is C22H26N2O9S. The monoisotopic (exact) mass is 494 g/mol. The van der Waals surface area contributed by atoms with Gasteiger partial charge in [-0.2, -0.15) is 8.42 Å². The van der Waals surface area contributed by atoms with Crippen LogP contribution in [0.25, 0.3) is 0 Å². The zero-order valence-electron chi connectivity index (χ0n) is 18.8. The number of amides is 1. The van der Waals surface area contributed by atoms with E-state index in [1.54, 1.807) is 13.8 Å². The average molecular weight is 495 g/mol. The van der Waals surface area contributed by atoms with Crippen molar-refractivity contribution in [2.24, 2.45) is 0 Å². The summed E-state index contributed by atoms with van der Waals surface area (Å²) < 4.78 is 54.3. The maximum absolute atomic E-state index is 13.3. The van der Waals surface area contributed by atoms with Crippen LogP contribution in [-0.2, 0) is 49.4 Å². The molecule has 5 saturated heterocycles. The predicted octanol–water partition coefficient (Wildman–Crippen LogP) is -0.00450. The Labute approximate surface area is 196 Å². The molecule has 0 bridgehead atoms. The summed E-state index contributed by atoms with van der Waals surface area (Å²) in [6, 6.07) is 8.52. The summed E-state index contributed by atoms with van der Waals surface area (Å²) in [4.78, 5) is 27.1. The Hall–Kier alpha value is -2.09. The minimum Gasteiger partial charge on any atom is -0.461 e. The molecular weight excluding hydrogens is 468 g/mol. The van der Waals surface area contributed by atoms with Crippen LogP contribution in [-0.4, -0.2) is 79.1 Å². The first-order valence-electron chi connectivity index (χ1n) is 11.3. The van der Waals surface area contributed by atoms with Crippen LogP contribution in [0.5, 0.6) is 0 Å². The number of carbonyl (C=O) groups is 2. The summed E-state index contributed by atoms with van der Waals surface area (Å²) in [6.07, 6.45) is -2.23. The topological polar surface area (TPSA) is 130 Å². The number of carbonyl (C=O) groups excluding carboxylic acids is 2. The van der Waals surface area contributed by atoms with E-state index in [1.165, 1.54) is 4.90 Å². The Morgan fingerprint density at radius 1 is 1.24 bits per heavy atom. The molecule has 0 aliphatic carbocycles. The van der Waals surface area contributed by atoms with Crippen molar-refractivity contribution < 1.29 is 41.1 Å². The lowest BCUT2D eigenvalue weighted by atomic mass is 9.83. The number of rotatable bonds is 5. The quantitative estimate of drug-likeness (QED) is 0.441. The van der Waals surface area contributed by atoms with Gasteiger partial charge in [-0.15, -0.1) is 0 Å². The number of hydrogen-bond donors (Lipinski definition) is 1. The molecule has 6 atom stereocenters. The fourth-order valence-corrected chi connectivity index (χ4v) is 7.75. The lowest BCUT2D eigenvalue weighted by molar-refractivity contribution is -0.222. The van der Waals surface area contributed by atoms with Gasteiger partial charge in [0.15, 0.2) is 17.7 Å². The fraction of sp³-hybridized carbons (Fsp3) is 0.636. The second kappa shape index (κ2) is 7.21. The first-order valence-corrected chi connectivity index (χ1v) is 12.9. The van der Waals surface area contributed by atoms with E-state index in [0.717, 1.165) is 5.56 Å². The largest absolute Gasteiger partial charge is 0.461 e. The minimum atomic E-state index is -3.99. The van der Waals surface area contributed by atoms with Crippen LogP contribution in [0.3, 0.4) is 0 Å². The third kappa shape index (κ3) is 3.09. The van der Waals surface area contributed by atoms with Gasteiger partial charge in [0, 0.05) is 6.42 Å². The Bertz CT molecular complexity index is 1140. The molecule has 6 rings (SSSR count). The van der Waals surface area contributed by atoms with Gasteiger partial charge in [0.25, 0.3) is 10.1 Å². The summed E-state index contributed by atoms with van der Waals surface area (Å²) in [6.45, 7) is 3.70. The van der Waals surface area contributed by atoms with Gasteiger partial charge in [-0.05, 0) is 25.8 Å². The molecule has 2 spiro atoms. The molecule has 5 fully saturated rings. The van der Waals surface area contributed by atoms with E-state index in [1.807, 2.05) is 30.3 Å². The zero-order valence-corrected chi connectivity index (χ0v) is 19.6. The third-order valence-electron chi connectivity index (χ3n) is 7.22. The minimum absolute atomic E-state index is 0.000603. The molecule has 1 amide bonds. The summed E-state index contributed by atoms with van der Waals surface area (Å²) in [5.41, 5.74) is -1.97. The first kappa shape index (κ1) is 22.4. The van der Waals surface area contributed by atoms with E-state index < -0.39 is 63.4 Å². The predicted molar refractivity (Wildman–Crippen MR) is 113 cm³/mol. The highest BCUT2D eigenvalue weighted by atomic mass is 32.2. The molecule has 0 unspecified atom stereocenters. The second-order valence-electron chi connectivity index (χ2n) is 9.82. The highest BCUT2D eigenvalue weighted by molar-refractivity contribution is 7.87.